The minimum absolute atomic E-state index is 0. The van der Waals surface area contributed by atoms with E-state index in [9.17, 15) is 0 Å². The van der Waals surface area contributed by atoms with E-state index in [4.69, 9.17) is 0 Å². The quantitative estimate of drug-likeness (QED) is 0.274. The predicted molar refractivity (Wildman–Crippen MR) is 31.0 cm³/mol. The molecule has 0 unspecified atom stereocenters. The Morgan fingerprint density at radius 3 is 1.33 bits per heavy atom. The summed E-state index contributed by atoms with van der Waals surface area (Å²) in [5.74, 6) is 0. The van der Waals surface area contributed by atoms with E-state index < -0.39 is 0 Å². The monoisotopic (exact) mass is 174 g/mol. The van der Waals surface area contributed by atoms with Crippen LogP contribution in [0.3, 0.4) is 0 Å². The largest absolute Gasteiger partial charge is 3.00 e. The molecular weight excluding hydrogens is 170 g/mol. The van der Waals surface area contributed by atoms with Crippen LogP contribution in [-0.2, 0) is 0 Å². The molecule has 1 aromatic carbocycles. The van der Waals surface area contributed by atoms with Gasteiger partial charge in [-0.05, 0) is 0 Å². The zero-order valence-corrected chi connectivity index (χ0v) is 7.39. The number of rotatable bonds is 0. The van der Waals surface area contributed by atoms with E-state index in [2.05, 4.69) is 6.07 Å². The van der Waals surface area contributed by atoms with E-state index in [0.717, 1.165) is 0 Å². The van der Waals surface area contributed by atoms with Gasteiger partial charge in [0.2, 0.25) is 0 Å². The van der Waals surface area contributed by atoms with Crippen LogP contribution in [0.25, 0.3) is 0 Å². The van der Waals surface area contributed by atoms with Crippen molar-refractivity contribution in [3.63, 3.8) is 0 Å². The van der Waals surface area contributed by atoms with Crippen molar-refractivity contribution in [3.8, 4) is 0 Å². The summed E-state index contributed by atoms with van der Waals surface area (Å²) in [6, 6.07) is 12.5. The average Bonchev–Trinajstić information content (AvgIpc) is 1.72. The fraction of sp³-hybridized carbons (Fsp3) is 0. The SMILES string of the molecule is [Al+3].[Cl-].[Cl-].[c-]1ccccc1. The summed E-state index contributed by atoms with van der Waals surface area (Å²) in [4.78, 5) is 0. The Kier molecular flexibility index (Phi) is 20.1. The van der Waals surface area contributed by atoms with E-state index >= 15 is 0 Å². The molecule has 0 saturated carbocycles. The summed E-state index contributed by atoms with van der Waals surface area (Å²) in [5.41, 5.74) is 0. The second-order valence-electron chi connectivity index (χ2n) is 1.08. The summed E-state index contributed by atoms with van der Waals surface area (Å²) in [6.07, 6.45) is 0. The minimum Gasteiger partial charge on any atom is -1.00 e. The number of halogens is 2. The molecule has 0 aliphatic heterocycles. The van der Waals surface area contributed by atoms with Crippen LogP contribution >= 0.6 is 0 Å². The van der Waals surface area contributed by atoms with Crippen LogP contribution in [0.1, 0.15) is 0 Å². The van der Waals surface area contributed by atoms with Crippen LogP contribution in [-0.4, -0.2) is 17.4 Å². The number of hydrogen-bond donors (Lipinski definition) is 0. The molecule has 1 rings (SSSR count). The second kappa shape index (κ2) is 11.2. The van der Waals surface area contributed by atoms with Gasteiger partial charge in [-0.1, -0.05) is 0 Å². The molecule has 0 bridgehead atoms. The third kappa shape index (κ3) is 8.33. The van der Waals surface area contributed by atoms with E-state index in [1.165, 1.54) is 0 Å². The van der Waals surface area contributed by atoms with E-state index in [0.29, 0.717) is 0 Å². The Morgan fingerprint density at radius 1 is 0.778 bits per heavy atom. The standard InChI is InChI=1S/C6H5.Al.2ClH/c1-2-4-6-5-3-1;;;/h1-5H;;2*1H/q-1;+3;;/p-2. The Labute approximate surface area is 78.6 Å². The van der Waals surface area contributed by atoms with Crippen LogP contribution in [0.4, 0.5) is 0 Å². The maximum Gasteiger partial charge on any atom is 3.00 e. The van der Waals surface area contributed by atoms with Crippen LogP contribution in [0.15, 0.2) is 30.3 Å². The molecule has 0 nitrogen and oxygen atoms in total. The van der Waals surface area contributed by atoms with Crippen molar-refractivity contribution in [2.45, 2.75) is 0 Å². The minimum atomic E-state index is 0. The maximum absolute atomic E-state index is 2.89. The van der Waals surface area contributed by atoms with Gasteiger partial charge in [0.1, 0.15) is 0 Å². The van der Waals surface area contributed by atoms with Gasteiger partial charge in [0.25, 0.3) is 0 Å². The van der Waals surface area contributed by atoms with Crippen molar-refractivity contribution in [3.05, 3.63) is 36.4 Å². The molecule has 0 amide bonds. The molecule has 0 aliphatic rings. The van der Waals surface area contributed by atoms with Crippen molar-refractivity contribution in [1.82, 2.24) is 0 Å². The summed E-state index contributed by atoms with van der Waals surface area (Å²) >= 11 is 0. The molecule has 0 saturated heterocycles. The third-order valence-corrected chi connectivity index (χ3v) is 0.607. The molecule has 0 aromatic heterocycles. The summed E-state index contributed by atoms with van der Waals surface area (Å²) in [7, 11) is 0. The van der Waals surface area contributed by atoms with Gasteiger partial charge in [-0.2, -0.15) is 36.4 Å². The normalized spacial score (nSPS) is 5.33. The predicted octanol–water partition coefficient (Wildman–Crippen LogP) is -4.89. The maximum atomic E-state index is 2.89. The van der Waals surface area contributed by atoms with Gasteiger partial charge in [-0.25, -0.2) is 0 Å². The van der Waals surface area contributed by atoms with Crippen molar-refractivity contribution >= 4 is 17.4 Å². The first-order valence-corrected chi connectivity index (χ1v) is 1.91. The van der Waals surface area contributed by atoms with Crippen LogP contribution in [0.5, 0.6) is 0 Å². The Hall–Kier alpha value is 0.332. The van der Waals surface area contributed by atoms with Crippen LogP contribution < -0.4 is 24.8 Å². The zero-order chi connectivity index (χ0) is 4.24. The molecular formula is C6H5AlCl2. The summed E-state index contributed by atoms with van der Waals surface area (Å²) in [5, 5.41) is 0. The fourth-order valence-corrected chi connectivity index (χ4v) is 0.342. The fourth-order valence-electron chi connectivity index (χ4n) is 0.342. The molecule has 46 valence electrons. The average molecular weight is 175 g/mol. The Balaban J connectivity index is -0.000000120. The first-order chi connectivity index (χ1) is 3.00. The van der Waals surface area contributed by atoms with Gasteiger partial charge in [0, 0.05) is 0 Å². The molecule has 9 heavy (non-hydrogen) atoms. The first kappa shape index (κ1) is 16.2. The van der Waals surface area contributed by atoms with Gasteiger partial charge in [-0.15, -0.1) is 0 Å². The van der Waals surface area contributed by atoms with E-state index in [-0.39, 0.29) is 42.2 Å². The smallest absolute Gasteiger partial charge is 1.00 e. The summed E-state index contributed by atoms with van der Waals surface area (Å²) < 4.78 is 0. The molecule has 0 aliphatic carbocycles. The molecule has 3 heteroatoms. The molecule has 0 fully saturated rings. The zero-order valence-electron chi connectivity index (χ0n) is 4.72. The van der Waals surface area contributed by atoms with E-state index in [1.807, 2.05) is 30.3 Å². The van der Waals surface area contributed by atoms with Crippen molar-refractivity contribution < 1.29 is 24.8 Å². The van der Waals surface area contributed by atoms with Gasteiger partial charge >= 0.3 is 17.4 Å². The second-order valence-corrected chi connectivity index (χ2v) is 1.08. The number of benzene rings is 1. The Bertz CT molecular complexity index is 83.0. The van der Waals surface area contributed by atoms with Crippen molar-refractivity contribution in [1.29, 1.82) is 0 Å². The van der Waals surface area contributed by atoms with Gasteiger partial charge < -0.3 is 24.8 Å². The molecule has 0 radical (unpaired) electrons. The molecule has 0 atom stereocenters. The third-order valence-electron chi connectivity index (χ3n) is 0.607. The molecule has 0 spiro atoms. The van der Waals surface area contributed by atoms with Crippen molar-refractivity contribution in [2.75, 3.05) is 0 Å². The first-order valence-electron chi connectivity index (χ1n) is 1.91. The molecule has 0 N–H and O–H groups in total. The van der Waals surface area contributed by atoms with Gasteiger partial charge in [-0.3, -0.25) is 0 Å². The van der Waals surface area contributed by atoms with Crippen molar-refractivity contribution in [2.24, 2.45) is 0 Å². The summed E-state index contributed by atoms with van der Waals surface area (Å²) in [6.45, 7) is 0. The molecule has 0 heterocycles. The van der Waals surface area contributed by atoms with Gasteiger partial charge in [0.15, 0.2) is 0 Å². The topological polar surface area (TPSA) is 0 Å². The Morgan fingerprint density at radius 2 is 1.22 bits per heavy atom. The van der Waals surface area contributed by atoms with E-state index in [1.54, 1.807) is 0 Å². The van der Waals surface area contributed by atoms with Crippen LogP contribution in [0.2, 0.25) is 0 Å². The number of hydrogen-bond acceptors (Lipinski definition) is 0. The molecule has 1 aromatic rings. The van der Waals surface area contributed by atoms with Gasteiger partial charge in [0.05, 0.1) is 0 Å². The van der Waals surface area contributed by atoms with Crippen LogP contribution in [0, 0.1) is 6.07 Å².